The maximum absolute atomic E-state index is 11.6. The zero-order chi connectivity index (χ0) is 11.3. The van der Waals surface area contributed by atoms with Crippen LogP contribution in [0, 0.1) is 5.92 Å². The Morgan fingerprint density at radius 2 is 1.87 bits per heavy atom. The molecule has 3 heteroatoms. The first-order valence-electron chi connectivity index (χ1n) is 5.27. The highest BCUT2D eigenvalue weighted by atomic mass is 32.2. The van der Waals surface area contributed by atoms with E-state index in [-0.39, 0.29) is 0 Å². The fraction of sp³-hybridized carbons (Fsp3) is 0.500. The Balaban J connectivity index is 2.37. The zero-order valence-electron chi connectivity index (χ0n) is 9.40. The van der Waals surface area contributed by atoms with Crippen LogP contribution in [-0.4, -0.2) is 15.7 Å². The third kappa shape index (κ3) is 4.98. The molecule has 1 atom stereocenters. The SMILES string of the molecule is CC(C)CS(=O)CCc1ccc(N)cc1. The summed E-state index contributed by atoms with van der Waals surface area (Å²) >= 11 is 0. The van der Waals surface area contributed by atoms with E-state index in [1.807, 2.05) is 24.3 Å². The molecule has 84 valence electrons. The molecule has 15 heavy (non-hydrogen) atoms. The summed E-state index contributed by atoms with van der Waals surface area (Å²) < 4.78 is 11.6. The maximum Gasteiger partial charge on any atom is 0.0314 e. The Kier molecular flexibility index (Phi) is 4.82. The van der Waals surface area contributed by atoms with Crippen LogP contribution in [0.3, 0.4) is 0 Å². The smallest absolute Gasteiger partial charge is 0.0314 e. The van der Waals surface area contributed by atoms with Gasteiger partial charge < -0.3 is 5.73 Å². The molecule has 2 N–H and O–H groups in total. The van der Waals surface area contributed by atoms with Crippen molar-refractivity contribution in [1.29, 1.82) is 0 Å². The number of nitrogen functional groups attached to an aromatic ring is 1. The molecule has 0 saturated carbocycles. The molecule has 0 heterocycles. The maximum atomic E-state index is 11.6. The van der Waals surface area contributed by atoms with Crippen LogP contribution < -0.4 is 5.73 Å². The third-order valence-electron chi connectivity index (χ3n) is 2.12. The molecule has 1 aromatic carbocycles. The summed E-state index contributed by atoms with van der Waals surface area (Å²) in [5.41, 5.74) is 7.58. The van der Waals surface area contributed by atoms with Gasteiger partial charge in [-0.15, -0.1) is 0 Å². The molecule has 0 fully saturated rings. The van der Waals surface area contributed by atoms with Gasteiger partial charge in [-0.25, -0.2) is 0 Å². The highest BCUT2D eigenvalue weighted by Crippen LogP contribution is 2.07. The molecule has 0 spiro atoms. The minimum absolute atomic E-state index is 0.511. The summed E-state index contributed by atoms with van der Waals surface area (Å²) in [5.74, 6) is 2.06. The van der Waals surface area contributed by atoms with Crippen LogP contribution in [0.15, 0.2) is 24.3 Å². The first-order valence-corrected chi connectivity index (χ1v) is 6.76. The number of rotatable bonds is 5. The van der Waals surface area contributed by atoms with Gasteiger partial charge in [0.25, 0.3) is 0 Å². The normalized spacial score (nSPS) is 13.0. The first kappa shape index (κ1) is 12.2. The number of hydrogen-bond acceptors (Lipinski definition) is 2. The molecule has 0 aliphatic carbocycles. The van der Waals surface area contributed by atoms with Gasteiger partial charge in [-0.3, -0.25) is 4.21 Å². The van der Waals surface area contributed by atoms with E-state index in [0.717, 1.165) is 23.6 Å². The van der Waals surface area contributed by atoms with Crippen molar-refractivity contribution in [2.45, 2.75) is 20.3 Å². The van der Waals surface area contributed by atoms with Gasteiger partial charge in [-0.2, -0.15) is 0 Å². The molecule has 0 saturated heterocycles. The minimum atomic E-state index is -0.687. The van der Waals surface area contributed by atoms with Crippen LogP contribution in [0.4, 0.5) is 5.69 Å². The summed E-state index contributed by atoms with van der Waals surface area (Å²) in [6, 6.07) is 7.78. The van der Waals surface area contributed by atoms with Crippen molar-refractivity contribution in [2.75, 3.05) is 17.2 Å². The van der Waals surface area contributed by atoms with Crippen LogP contribution in [0.5, 0.6) is 0 Å². The van der Waals surface area contributed by atoms with E-state index >= 15 is 0 Å². The van der Waals surface area contributed by atoms with E-state index in [9.17, 15) is 4.21 Å². The van der Waals surface area contributed by atoms with Crippen molar-refractivity contribution in [3.05, 3.63) is 29.8 Å². The number of hydrogen-bond donors (Lipinski definition) is 1. The lowest BCUT2D eigenvalue weighted by Crippen LogP contribution is -2.09. The van der Waals surface area contributed by atoms with E-state index < -0.39 is 10.8 Å². The standard InChI is InChI=1S/C12H19NOS/c1-10(2)9-15(14)8-7-11-3-5-12(13)6-4-11/h3-6,10H,7-9,13H2,1-2H3. The van der Waals surface area contributed by atoms with E-state index in [0.29, 0.717) is 5.92 Å². The van der Waals surface area contributed by atoms with Gasteiger partial charge in [-0.1, -0.05) is 26.0 Å². The second kappa shape index (κ2) is 5.91. The van der Waals surface area contributed by atoms with Crippen molar-refractivity contribution in [1.82, 2.24) is 0 Å². The largest absolute Gasteiger partial charge is 0.399 e. The lowest BCUT2D eigenvalue weighted by atomic mass is 10.2. The molecule has 1 rings (SSSR count). The number of nitrogens with two attached hydrogens (primary N) is 1. The van der Waals surface area contributed by atoms with E-state index in [1.54, 1.807) is 0 Å². The molecule has 0 radical (unpaired) electrons. The quantitative estimate of drug-likeness (QED) is 0.781. The summed E-state index contributed by atoms with van der Waals surface area (Å²) in [7, 11) is -0.687. The molecule has 1 unspecified atom stereocenters. The Bertz CT molecular complexity index is 319. The van der Waals surface area contributed by atoms with Crippen molar-refractivity contribution >= 4 is 16.5 Å². The Labute approximate surface area is 94.3 Å². The van der Waals surface area contributed by atoms with Gasteiger partial charge in [0.1, 0.15) is 0 Å². The molecule has 0 aromatic heterocycles. The molecule has 0 bridgehead atoms. The fourth-order valence-electron chi connectivity index (χ4n) is 1.37. The summed E-state index contributed by atoms with van der Waals surface area (Å²) in [5, 5.41) is 0. The lowest BCUT2D eigenvalue weighted by Gasteiger charge is -2.05. The fourth-order valence-corrected chi connectivity index (χ4v) is 2.74. The lowest BCUT2D eigenvalue weighted by molar-refractivity contribution is 0.664. The predicted octanol–water partition coefficient (Wildman–Crippen LogP) is 2.22. The number of benzene rings is 1. The van der Waals surface area contributed by atoms with Crippen LogP contribution in [0.25, 0.3) is 0 Å². The van der Waals surface area contributed by atoms with Crippen molar-refractivity contribution in [3.8, 4) is 0 Å². The molecule has 0 aliphatic heterocycles. The minimum Gasteiger partial charge on any atom is -0.399 e. The van der Waals surface area contributed by atoms with Gasteiger partial charge >= 0.3 is 0 Å². The Morgan fingerprint density at radius 3 is 2.40 bits per heavy atom. The third-order valence-corrected chi connectivity index (χ3v) is 3.82. The second-order valence-corrected chi connectivity index (χ2v) is 5.82. The average molecular weight is 225 g/mol. The molecule has 2 nitrogen and oxygen atoms in total. The number of aryl methyl sites for hydroxylation is 1. The topological polar surface area (TPSA) is 43.1 Å². The van der Waals surface area contributed by atoms with Crippen molar-refractivity contribution < 1.29 is 4.21 Å². The molecule has 0 amide bonds. The predicted molar refractivity (Wildman–Crippen MR) is 67.3 cm³/mol. The highest BCUT2D eigenvalue weighted by molar-refractivity contribution is 7.84. The average Bonchev–Trinajstić information content (AvgIpc) is 2.16. The van der Waals surface area contributed by atoms with Crippen molar-refractivity contribution in [2.24, 2.45) is 5.92 Å². The van der Waals surface area contributed by atoms with Gasteiger partial charge in [-0.05, 0) is 30.0 Å². The second-order valence-electron chi connectivity index (χ2n) is 4.20. The van der Waals surface area contributed by atoms with Crippen LogP contribution in [-0.2, 0) is 17.2 Å². The Morgan fingerprint density at radius 1 is 1.27 bits per heavy atom. The summed E-state index contributed by atoms with van der Waals surface area (Å²) in [4.78, 5) is 0. The van der Waals surface area contributed by atoms with E-state index in [2.05, 4.69) is 13.8 Å². The zero-order valence-corrected chi connectivity index (χ0v) is 10.2. The number of anilines is 1. The monoisotopic (exact) mass is 225 g/mol. The molecular formula is C12H19NOS. The van der Waals surface area contributed by atoms with E-state index in [1.165, 1.54) is 5.56 Å². The van der Waals surface area contributed by atoms with Crippen LogP contribution in [0.1, 0.15) is 19.4 Å². The Hall–Kier alpha value is -0.830. The van der Waals surface area contributed by atoms with Gasteiger partial charge in [0.15, 0.2) is 0 Å². The molecule has 1 aromatic rings. The first-order chi connectivity index (χ1) is 7.08. The molecular weight excluding hydrogens is 206 g/mol. The van der Waals surface area contributed by atoms with Crippen LogP contribution in [0.2, 0.25) is 0 Å². The summed E-state index contributed by atoms with van der Waals surface area (Å²) in [6.45, 7) is 4.20. The van der Waals surface area contributed by atoms with Crippen molar-refractivity contribution in [3.63, 3.8) is 0 Å². The van der Waals surface area contributed by atoms with E-state index in [4.69, 9.17) is 5.73 Å². The highest BCUT2D eigenvalue weighted by Gasteiger charge is 2.03. The van der Waals surface area contributed by atoms with Gasteiger partial charge in [0.2, 0.25) is 0 Å². The summed E-state index contributed by atoms with van der Waals surface area (Å²) in [6.07, 6.45) is 0.875. The van der Waals surface area contributed by atoms with Gasteiger partial charge in [0.05, 0.1) is 0 Å². The van der Waals surface area contributed by atoms with Crippen LogP contribution >= 0.6 is 0 Å². The molecule has 0 aliphatic rings. The van der Waals surface area contributed by atoms with Gasteiger partial charge in [0, 0.05) is 28.0 Å².